The number of hydrogen-bond donors (Lipinski definition) is 2. The molecule has 1 aliphatic rings. The van der Waals surface area contributed by atoms with Gasteiger partial charge in [0, 0.05) is 12.6 Å². The molecular weight excluding hydrogens is 174 g/mol. The second-order valence-electron chi connectivity index (χ2n) is 5.41. The third-order valence-corrected chi connectivity index (χ3v) is 3.45. The average molecular weight is 199 g/mol. The summed E-state index contributed by atoms with van der Waals surface area (Å²) in [6.45, 7) is 7.49. The van der Waals surface area contributed by atoms with Crippen molar-refractivity contribution in [2.45, 2.75) is 65.0 Å². The fourth-order valence-electron chi connectivity index (χ4n) is 2.05. The molecular formula is C12H25NO. The van der Waals surface area contributed by atoms with Gasteiger partial charge in [-0.25, -0.2) is 0 Å². The van der Waals surface area contributed by atoms with Crippen LogP contribution in [0, 0.1) is 5.41 Å². The largest absolute Gasteiger partial charge is 0.392 e. The van der Waals surface area contributed by atoms with Crippen molar-refractivity contribution in [3.05, 3.63) is 0 Å². The Labute approximate surface area is 88.1 Å². The van der Waals surface area contributed by atoms with Gasteiger partial charge in [0.2, 0.25) is 0 Å². The van der Waals surface area contributed by atoms with E-state index in [-0.39, 0.29) is 6.10 Å². The molecule has 0 aromatic carbocycles. The van der Waals surface area contributed by atoms with Crippen LogP contribution in [0.4, 0.5) is 0 Å². The molecule has 14 heavy (non-hydrogen) atoms. The predicted molar refractivity (Wildman–Crippen MR) is 60.3 cm³/mol. The maximum atomic E-state index is 9.43. The van der Waals surface area contributed by atoms with Gasteiger partial charge in [0.05, 0.1) is 6.10 Å². The van der Waals surface area contributed by atoms with Crippen LogP contribution in [0.1, 0.15) is 52.9 Å². The molecule has 0 bridgehead atoms. The minimum atomic E-state index is -0.162. The molecule has 0 heterocycles. The number of aliphatic hydroxyl groups excluding tert-OH is 1. The van der Waals surface area contributed by atoms with E-state index >= 15 is 0 Å². The molecule has 2 heteroatoms. The van der Waals surface area contributed by atoms with Crippen LogP contribution in [0.15, 0.2) is 0 Å². The Bertz CT molecular complexity index is 158. The minimum absolute atomic E-state index is 0.162. The highest BCUT2D eigenvalue weighted by Gasteiger charge is 2.26. The first-order chi connectivity index (χ1) is 6.53. The van der Waals surface area contributed by atoms with Crippen molar-refractivity contribution >= 4 is 0 Å². The van der Waals surface area contributed by atoms with Gasteiger partial charge in [-0.15, -0.1) is 0 Å². The Balaban J connectivity index is 2.16. The van der Waals surface area contributed by atoms with Crippen molar-refractivity contribution in [3.8, 4) is 0 Å². The van der Waals surface area contributed by atoms with Crippen molar-refractivity contribution in [2.75, 3.05) is 6.54 Å². The summed E-state index contributed by atoms with van der Waals surface area (Å²) in [4.78, 5) is 0. The lowest BCUT2D eigenvalue weighted by atomic mass is 9.75. The first-order valence-electron chi connectivity index (χ1n) is 5.95. The number of rotatable bonds is 4. The summed E-state index contributed by atoms with van der Waals surface area (Å²) in [7, 11) is 0. The van der Waals surface area contributed by atoms with Crippen LogP contribution in [0.2, 0.25) is 0 Å². The van der Waals surface area contributed by atoms with E-state index in [0.717, 1.165) is 13.0 Å². The molecule has 1 fully saturated rings. The molecule has 0 saturated heterocycles. The lowest BCUT2D eigenvalue weighted by Gasteiger charge is -2.35. The third-order valence-electron chi connectivity index (χ3n) is 3.45. The van der Waals surface area contributed by atoms with Crippen molar-refractivity contribution in [1.82, 2.24) is 5.32 Å². The summed E-state index contributed by atoms with van der Waals surface area (Å²) in [5.74, 6) is 0. The van der Waals surface area contributed by atoms with Crippen molar-refractivity contribution in [2.24, 2.45) is 5.41 Å². The fraction of sp³-hybridized carbons (Fsp3) is 1.00. The molecule has 0 aromatic heterocycles. The minimum Gasteiger partial charge on any atom is -0.392 e. The maximum absolute atomic E-state index is 9.43. The van der Waals surface area contributed by atoms with E-state index < -0.39 is 0 Å². The lowest BCUT2D eigenvalue weighted by molar-refractivity contribution is 0.147. The average Bonchev–Trinajstić information content (AvgIpc) is 2.16. The van der Waals surface area contributed by atoms with Gasteiger partial charge >= 0.3 is 0 Å². The molecule has 2 nitrogen and oxygen atoms in total. The molecule has 0 amide bonds. The zero-order chi connectivity index (χ0) is 10.6. The molecule has 1 unspecified atom stereocenters. The van der Waals surface area contributed by atoms with Gasteiger partial charge in [-0.2, -0.15) is 0 Å². The number of aliphatic hydroxyl groups is 1. The molecule has 0 radical (unpaired) electrons. The predicted octanol–water partition coefficient (Wildman–Crippen LogP) is 2.32. The summed E-state index contributed by atoms with van der Waals surface area (Å²) in [6.07, 6.45) is 5.85. The van der Waals surface area contributed by atoms with E-state index in [1.807, 2.05) is 6.92 Å². The molecule has 1 aliphatic carbocycles. The van der Waals surface area contributed by atoms with Gasteiger partial charge in [0.25, 0.3) is 0 Å². The molecule has 0 aliphatic heterocycles. The van der Waals surface area contributed by atoms with Crippen LogP contribution in [-0.4, -0.2) is 23.8 Å². The van der Waals surface area contributed by atoms with Gasteiger partial charge in [-0.05, 0) is 37.5 Å². The molecule has 2 N–H and O–H groups in total. The highest BCUT2D eigenvalue weighted by atomic mass is 16.3. The van der Waals surface area contributed by atoms with Crippen LogP contribution in [0.25, 0.3) is 0 Å². The second kappa shape index (κ2) is 5.13. The smallest absolute Gasteiger partial charge is 0.0662 e. The fourth-order valence-corrected chi connectivity index (χ4v) is 2.05. The summed E-state index contributed by atoms with van der Waals surface area (Å²) >= 11 is 0. The standard InChI is InChI=1S/C12H25NO/c1-4-11(14)9-13-10-5-7-12(2,3)8-6-10/h10-11,13-14H,4-9H2,1-3H3. The van der Waals surface area contributed by atoms with Crippen LogP contribution in [0.5, 0.6) is 0 Å². The Morgan fingerprint density at radius 3 is 2.43 bits per heavy atom. The van der Waals surface area contributed by atoms with E-state index in [4.69, 9.17) is 0 Å². The summed E-state index contributed by atoms with van der Waals surface area (Å²) in [5, 5.41) is 12.9. The Hall–Kier alpha value is -0.0800. The van der Waals surface area contributed by atoms with E-state index in [1.165, 1.54) is 25.7 Å². The molecule has 0 spiro atoms. The normalized spacial score (nSPS) is 24.9. The highest BCUT2D eigenvalue weighted by Crippen LogP contribution is 2.34. The Kier molecular flexibility index (Phi) is 4.39. The van der Waals surface area contributed by atoms with Gasteiger partial charge in [-0.1, -0.05) is 20.8 Å². The summed E-state index contributed by atoms with van der Waals surface area (Å²) in [6, 6.07) is 0.643. The molecule has 1 rings (SSSR count). The first kappa shape index (κ1) is 12.0. The second-order valence-corrected chi connectivity index (χ2v) is 5.41. The van der Waals surface area contributed by atoms with Gasteiger partial charge < -0.3 is 10.4 Å². The maximum Gasteiger partial charge on any atom is 0.0662 e. The summed E-state index contributed by atoms with van der Waals surface area (Å²) in [5.41, 5.74) is 0.543. The van der Waals surface area contributed by atoms with E-state index in [0.29, 0.717) is 11.5 Å². The topological polar surface area (TPSA) is 32.3 Å². The van der Waals surface area contributed by atoms with Gasteiger partial charge in [0.15, 0.2) is 0 Å². The molecule has 84 valence electrons. The molecule has 1 saturated carbocycles. The van der Waals surface area contributed by atoms with Gasteiger partial charge in [0.1, 0.15) is 0 Å². The van der Waals surface area contributed by atoms with Crippen molar-refractivity contribution in [1.29, 1.82) is 0 Å². The Morgan fingerprint density at radius 2 is 1.93 bits per heavy atom. The van der Waals surface area contributed by atoms with Crippen molar-refractivity contribution in [3.63, 3.8) is 0 Å². The van der Waals surface area contributed by atoms with Gasteiger partial charge in [-0.3, -0.25) is 0 Å². The third kappa shape index (κ3) is 3.97. The first-order valence-corrected chi connectivity index (χ1v) is 5.95. The van der Waals surface area contributed by atoms with E-state index in [1.54, 1.807) is 0 Å². The SMILES string of the molecule is CCC(O)CNC1CCC(C)(C)CC1. The van der Waals surface area contributed by atoms with Crippen molar-refractivity contribution < 1.29 is 5.11 Å². The van der Waals surface area contributed by atoms with Crippen LogP contribution in [0.3, 0.4) is 0 Å². The van der Waals surface area contributed by atoms with E-state index in [9.17, 15) is 5.11 Å². The lowest BCUT2D eigenvalue weighted by Crippen LogP contribution is -2.39. The number of nitrogens with one attached hydrogen (secondary N) is 1. The number of hydrogen-bond acceptors (Lipinski definition) is 2. The van der Waals surface area contributed by atoms with E-state index in [2.05, 4.69) is 19.2 Å². The monoisotopic (exact) mass is 199 g/mol. The molecule has 0 aromatic rings. The quantitative estimate of drug-likeness (QED) is 0.728. The van der Waals surface area contributed by atoms with Crippen LogP contribution < -0.4 is 5.32 Å². The molecule has 1 atom stereocenters. The summed E-state index contributed by atoms with van der Waals surface area (Å²) < 4.78 is 0. The highest BCUT2D eigenvalue weighted by molar-refractivity contribution is 4.82. The van der Waals surface area contributed by atoms with Crippen LogP contribution in [-0.2, 0) is 0 Å². The zero-order valence-corrected chi connectivity index (χ0v) is 9.84. The zero-order valence-electron chi connectivity index (χ0n) is 9.84. The van der Waals surface area contributed by atoms with Crippen LogP contribution >= 0.6 is 0 Å². The Morgan fingerprint density at radius 1 is 1.36 bits per heavy atom.